The van der Waals surface area contributed by atoms with Crippen LogP contribution in [0.1, 0.15) is 30.7 Å². The van der Waals surface area contributed by atoms with Crippen molar-refractivity contribution in [3.63, 3.8) is 0 Å². The first-order valence-corrected chi connectivity index (χ1v) is 10.5. The fourth-order valence-corrected chi connectivity index (χ4v) is 4.25. The van der Waals surface area contributed by atoms with Crippen molar-refractivity contribution >= 4 is 34.4 Å². The number of aromatic nitrogens is 2. The Bertz CT molecular complexity index is 952. The number of thioether (sulfide) groups is 1. The molecule has 0 bridgehead atoms. The number of nitrogens with zero attached hydrogens (tertiary/aromatic N) is 2. The van der Waals surface area contributed by atoms with Crippen LogP contribution in [0, 0.1) is 5.82 Å². The minimum Gasteiger partial charge on any atom is -0.328 e. The minimum absolute atomic E-state index is 0.0396. The first kappa shape index (κ1) is 18.0. The quantitative estimate of drug-likeness (QED) is 0.690. The molecule has 2 heterocycles. The number of imidazole rings is 1. The lowest BCUT2D eigenvalue weighted by atomic mass is 10.2. The molecular formula is C21H22FN3OS. The van der Waals surface area contributed by atoms with Crippen LogP contribution in [0.25, 0.3) is 11.0 Å². The normalized spacial score (nSPS) is 14.0. The summed E-state index contributed by atoms with van der Waals surface area (Å²) in [5.74, 6) is 1.91. The Morgan fingerprint density at radius 3 is 2.85 bits per heavy atom. The number of fused-ring (bicyclic) bond motifs is 3. The van der Waals surface area contributed by atoms with Gasteiger partial charge in [-0.15, -0.1) is 11.8 Å². The summed E-state index contributed by atoms with van der Waals surface area (Å²) in [6.45, 7) is 1.03. The molecule has 0 unspecified atom stereocenters. The number of nitrogens with one attached hydrogen (secondary N) is 1. The molecule has 0 radical (unpaired) electrons. The van der Waals surface area contributed by atoms with Crippen molar-refractivity contribution in [3.05, 3.63) is 59.7 Å². The summed E-state index contributed by atoms with van der Waals surface area (Å²) in [5.41, 5.74) is 3.89. The lowest BCUT2D eigenvalue weighted by molar-refractivity contribution is -0.113. The SMILES string of the molecule is O=C(CSCc1ccc(F)cc1)Nc1ccc2c(c1)nc1n2CCCCC1. The molecule has 6 heteroatoms. The van der Waals surface area contributed by atoms with Crippen LogP contribution >= 0.6 is 11.8 Å². The summed E-state index contributed by atoms with van der Waals surface area (Å²) in [5, 5.41) is 2.95. The summed E-state index contributed by atoms with van der Waals surface area (Å²) in [4.78, 5) is 17.0. The van der Waals surface area contributed by atoms with Gasteiger partial charge in [-0.2, -0.15) is 0 Å². The highest BCUT2D eigenvalue weighted by molar-refractivity contribution is 7.99. The highest BCUT2D eigenvalue weighted by atomic mass is 32.2. The van der Waals surface area contributed by atoms with Gasteiger partial charge >= 0.3 is 0 Å². The molecule has 1 aromatic heterocycles. The molecule has 0 saturated heterocycles. The first-order valence-electron chi connectivity index (χ1n) is 9.30. The Morgan fingerprint density at radius 1 is 1.15 bits per heavy atom. The van der Waals surface area contributed by atoms with Crippen LogP contribution in [0.5, 0.6) is 0 Å². The Hall–Kier alpha value is -2.34. The van der Waals surface area contributed by atoms with Crippen molar-refractivity contribution in [1.82, 2.24) is 9.55 Å². The average Bonchev–Trinajstić information content (AvgIpc) is 2.83. The molecule has 3 aromatic rings. The van der Waals surface area contributed by atoms with E-state index in [1.165, 1.54) is 43.2 Å². The second-order valence-corrected chi connectivity index (χ2v) is 7.85. The molecule has 0 saturated carbocycles. The number of carbonyl (C=O) groups excluding carboxylic acids is 1. The van der Waals surface area contributed by atoms with Crippen molar-refractivity contribution < 1.29 is 9.18 Å². The molecule has 1 aliphatic rings. The van der Waals surface area contributed by atoms with E-state index in [1.807, 2.05) is 12.1 Å². The monoisotopic (exact) mass is 383 g/mol. The molecule has 0 atom stereocenters. The lowest BCUT2D eigenvalue weighted by Gasteiger charge is -2.07. The van der Waals surface area contributed by atoms with Crippen LogP contribution in [0.4, 0.5) is 10.1 Å². The van der Waals surface area contributed by atoms with Crippen LogP contribution in [0.15, 0.2) is 42.5 Å². The highest BCUT2D eigenvalue weighted by Crippen LogP contribution is 2.24. The molecule has 1 N–H and O–H groups in total. The smallest absolute Gasteiger partial charge is 0.234 e. The number of benzene rings is 2. The number of carbonyl (C=O) groups is 1. The molecule has 1 aliphatic heterocycles. The van der Waals surface area contributed by atoms with E-state index in [0.29, 0.717) is 11.5 Å². The Balaban J connectivity index is 1.36. The summed E-state index contributed by atoms with van der Waals surface area (Å²) in [7, 11) is 0. The van der Waals surface area contributed by atoms with E-state index >= 15 is 0 Å². The van der Waals surface area contributed by atoms with Crippen molar-refractivity contribution in [2.24, 2.45) is 0 Å². The summed E-state index contributed by atoms with van der Waals surface area (Å²) < 4.78 is 15.2. The topological polar surface area (TPSA) is 46.9 Å². The standard InChI is InChI=1S/C21H22FN3OS/c22-16-7-5-15(6-8-16)13-27-14-21(26)23-17-9-10-19-18(12-17)24-20-4-2-1-3-11-25(19)20/h5-10,12H,1-4,11,13-14H2,(H,23,26). The van der Waals surface area contributed by atoms with Crippen LogP contribution in [0.3, 0.4) is 0 Å². The predicted molar refractivity (Wildman–Crippen MR) is 108 cm³/mol. The van der Waals surface area contributed by atoms with Gasteiger partial charge < -0.3 is 9.88 Å². The van der Waals surface area contributed by atoms with Gasteiger partial charge in [0.2, 0.25) is 5.91 Å². The number of aryl methyl sites for hydroxylation is 2. The maximum absolute atomic E-state index is 12.9. The zero-order valence-corrected chi connectivity index (χ0v) is 15.9. The van der Waals surface area contributed by atoms with Crippen molar-refractivity contribution in [1.29, 1.82) is 0 Å². The van der Waals surface area contributed by atoms with Crippen LogP contribution in [-0.2, 0) is 23.5 Å². The number of anilines is 1. The van der Waals surface area contributed by atoms with E-state index in [9.17, 15) is 9.18 Å². The molecule has 4 nitrogen and oxygen atoms in total. The number of rotatable bonds is 5. The van der Waals surface area contributed by atoms with Gasteiger partial charge in [-0.1, -0.05) is 18.6 Å². The number of hydrogen-bond donors (Lipinski definition) is 1. The predicted octanol–water partition coefficient (Wildman–Crippen LogP) is 4.77. The average molecular weight is 383 g/mol. The maximum Gasteiger partial charge on any atom is 0.234 e. The molecule has 140 valence electrons. The summed E-state index contributed by atoms with van der Waals surface area (Å²) in [6, 6.07) is 12.3. The van der Waals surface area contributed by atoms with Gasteiger partial charge in [-0.3, -0.25) is 4.79 Å². The molecule has 4 rings (SSSR count). The van der Waals surface area contributed by atoms with E-state index in [4.69, 9.17) is 4.98 Å². The van der Waals surface area contributed by atoms with Gasteiger partial charge in [-0.05, 0) is 48.7 Å². The highest BCUT2D eigenvalue weighted by Gasteiger charge is 2.14. The van der Waals surface area contributed by atoms with Gasteiger partial charge in [0.05, 0.1) is 16.8 Å². The fraction of sp³-hybridized carbons (Fsp3) is 0.333. The van der Waals surface area contributed by atoms with Gasteiger partial charge in [-0.25, -0.2) is 9.37 Å². The van der Waals surface area contributed by atoms with Gasteiger partial charge in [0.15, 0.2) is 0 Å². The Kier molecular flexibility index (Phi) is 5.43. The van der Waals surface area contributed by atoms with E-state index in [1.54, 1.807) is 12.1 Å². The zero-order chi connectivity index (χ0) is 18.6. The third-order valence-corrected chi connectivity index (χ3v) is 5.81. The summed E-state index contributed by atoms with van der Waals surface area (Å²) in [6.07, 6.45) is 4.67. The van der Waals surface area contributed by atoms with E-state index < -0.39 is 0 Å². The van der Waals surface area contributed by atoms with Crippen LogP contribution in [-0.4, -0.2) is 21.2 Å². The van der Waals surface area contributed by atoms with Crippen molar-refractivity contribution in [3.8, 4) is 0 Å². The first-order chi connectivity index (χ1) is 13.2. The largest absolute Gasteiger partial charge is 0.328 e. The molecular weight excluding hydrogens is 361 g/mol. The third-order valence-electron chi connectivity index (χ3n) is 4.81. The van der Waals surface area contributed by atoms with Gasteiger partial charge in [0.25, 0.3) is 0 Å². The molecule has 2 aromatic carbocycles. The Labute approximate surface area is 162 Å². The Morgan fingerprint density at radius 2 is 2.00 bits per heavy atom. The third kappa shape index (κ3) is 4.33. The second kappa shape index (κ2) is 8.13. The van der Waals surface area contributed by atoms with Crippen molar-refractivity contribution in [2.75, 3.05) is 11.1 Å². The number of halogens is 1. The van der Waals surface area contributed by atoms with Crippen LogP contribution < -0.4 is 5.32 Å². The minimum atomic E-state index is -0.242. The number of hydrogen-bond acceptors (Lipinski definition) is 3. The zero-order valence-electron chi connectivity index (χ0n) is 15.1. The molecule has 0 aliphatic carbocycles. The summed E-state index contributed by atoms with van der Waals surface area (Å²) >= 11 is 1.51. The van der Waals surface area contributed by atoms with Gasteiger partial charge in [0.1, 0.15) is 11.6 Å². The molecule has 0 fully saturated rings. The van der Waals surface area contributed by atoms with Crippen LogP contribution in [0.2, 0.25) is 0 Å². The van der Waals surface area contributed by atoms with E-state index in [0.717, 1.165) is 41.1 Å². The van der Waals surface area contributed by atoms with E-state index in [-0.39, 0.29) is 11.7 Å². The fourth-order valence-electron chi connectivity index (χ4n) is 3.47. The molecule has 0 spiro atoms. The molecule has 1 amide bonds. The lowest BCUT2D eigenvalue weighted by Crippen LogP contribution is -2.14. The van der Waals surface area contributed by atoms with E-state index in [2.05, 4.69) is 16.0 Å². The van der Waals surface area contributed by atoms with Gasteiger partial charge in [0, 0.05) is 24.4 Å². The second-order valence-electron chi connectivity index (χ2n) is 6.86. The maximum atomic E-state index is 12.9. The van der Waals surface area contributed by atoms with Crippen molar-refractivity contribution in [2.45, 2.75) is 38.0 Å². The number of amides is 1. The molecule has 27 heavy (non-hydrogen) atoms.